The number of nitrogen functional groups attached to an aromatic ring is 1. The van der Waals surface area contributed by atoms with Gasteiger partial charge in [0.15, 0.2) is 0 Å². The quantitative estimate of drug-likeness (QED) is 0.791. The summed E-state index contributed by atoms with van der Waals surface area (Å²) < 4.78 is 5.01. The number of aromatic nitrogens is 2. The smallest absolute Gasteiger partial charge is 0.225 e. The van der Waals surface area contributed by atoms with Crippen LogP contribution in [0.1, 0.15) is 13.3 Å². The van der Waals surface area contributed by atoms with Gasteiger partial charge in [-0.05, 0) is 6.92 Å². The lowest BCUT2D eigenvalue weighted by atomic mass is 10.4. The molecule has 0 spiro atoms. The van der Waals surface area contributed by atoms with Crippen LogP contribution in [0.25, 0.3) is 0 Å². The van der Waals surface area contributed by atoms with Gasteiger partial charge in [-0.15, -0.1) is 0 Å². The molecule has 1 heterocycles. The van der Waals surface area contributed by atoms with Crippen molar-refractivity contribution in [3.8, 4) is 11.9 Å². The number of hydrogen-bond donors (Lipinski definition) is 1. The number of ether oxygens (including phenoxy) is 1. The fourth-order valence-corrected chi connectivity index (χ4v) is 1.32. The van der Waals surface area contributed by atoms with Gasteiger partial charge in [0.2, 0.25) is 11.8 Å². The SMILES string of the molecule is CCN(CCC#N)c1cc(OC)nc(N)n1. The Labute approximate surface area is 94.7 Å². The van der Waals surface area contributed by atoms with Crippen molar-refractivity contribution in [2.45, 2.75) is 13.3 Å². The molecule has 0 amide bonds. The van der Waals surface area contributed by atoms with E-state index in [1.54, 1.807) is 6.07 Å². The minimum absolute atomic E-state index is 0.171. The van der Waals surface area contributed by atoms with Gasteiger partial charge >= 0.3 is 0 Å². The number of methoxy groups -OCH3 is 1. The molecule has 1 aromatic heterocycles. The van der Waals surface area contributed by atoms with Crippen LogP contribution in [0, 0.1) is 11.3 Å². The summed E-state index contributed by atoms with van der Waals surface area (Å²) in [5.41, 5.74) is 5.56. The third-order valence-corrected chi connectivity index (χ3v) is 2.11. The Kier molecular flexibility index (Phi) is 4.33. The molecule has 0 aliphatic heterocycles. The number of nitriles is 1. The van der Waals surface area contributed by atoms with Crippen LogP contribution in [-0.2, 0) is 0 Å². The van der Waals surface area contributed by atoms with Gasteiger partial charge in [-0.3, -0.25) is 0 Å². The molecule has 1 aromatic rings. The van der Waals surface area contributed by atoms with Gasteiger partial charge in [-0.2, -0.15) is 15.2 Å². The van der Waals surface area contributed by atoms with E-state index in [-0.39, 0.29) is 5.95 Å². The molecular formula is C10H15N5O. The molecular weight excluding hydrogens is 206 g/mol. The van der Waals surface area contributed by atoms with Crippen LogP contribution in [0.5, 0.6) is 5.88 Å². The number of nitrogens with zero attached hydrogens (tertiary/aromatic N) is 4. The summed E-state index contributed by atoms with van der Waals surface area (Å²) in [6.45, 7) is 3.36. The zero-order valence-electron chi connectivity index (χ0n) is 9.47. The average Bonchev–Trinajstić information content (AvgIpc) is 2.29. The molecule has 2 N–H and O–H groups in total. The minimum atomic E-state index is 0.171. The lowest BCUT2D eigenvalue weighted by Crippen LogP contribution is -2.25. The highest BCUT2D eigenvalue weighted by Crippen LogP contribution is 2.18. The molecule has 86 valence electrons. The molecule has 0 saturated carbocycles. The highest BCUT2D eigenvalue weighted by Gasteiger charge is 2.09. The Balaban J connectivity index is 2.91. The molecule has 0 fully saturated rings. The van der Waals surface area contributed by atoms with E-state index in [4.69, 9.17) is 15.7 Å². The summed E-state index contributed by atoms with van der Waals surface area (Å²) in [5.74, 6) is 1.28. The van der Waals surface area contributed by atoms with E-state index in [1.807, 2.05) is 11.8 Å². The van der Waals surface area contributed by atoms with Crippen molar-refractivity contribution in [2.24, 2.45) is 0 Å². The topological polar surface area (TPSA) is 88.1 Å². The first-order valence-electron chi connectivity index (χ1n) is 5.01. The van der Waals surface area contributed by atoms with Crippen LogP contribution in [0.15, 0.2) is 6.07 Å². The number of rotatable bonds is 5. The summed E-state index contributed by atoms with van der Waals surface area (Å²) in [5, 5.41) is 8.55. The van der Waals surface area contributed by atoms with Gasteiger partial charge in [-0.25, -0.2) is 0 Å². The van der Waals surface area contributed by atoms with E-state index in [9.17, 15) is 0 Å². The van der Waals surface area contributed by atoms with E-state index in [0.717, 1.165) is 6.54 Å². The lowest BCUT2D eigenvalue weighted by molar-refractivity contribution is 0.397. The Bertz CT molecular complexity index is 387. The van der Waals surface area contributed by atoms with Crippen molar-refractivity contribution < 1.29 is 4.74 Å². The van der Waals surface area contributed by atoms with E-state index in [0.29, 0.717) is 24.7 Å². The first-order chi connectivity index (χ1) is 7.71. The first-order valence-corrected chi connectivity index (χ1v) is 5.01. The molecule has 0 bridgehead atoms. The van der Waals surface area contributed by atoms with Gasteiger partial charge in [0.25, 0.3) is 0 Å². The van der Waals surface area contributed by atoms with Crippen molar-refractivity contribution >= 4 is 11.8 Å². The first kappa shape index (κ1) is 12.0. The van der Waals surface area contributed by atoms with Crippen LogP contribution in [-0.4, -0.2) is 30.2 Å². The molecule has 6 heteroatoms. The van der Waals surface area contributed by atoms with Gasteiger partial charge < -0.3 is 15.4 Å². The lowest BCUT2D eigenvalue weighted by Gasteiger charge is -2.20. The van der Waals surface area contributed by atoms with E-state index < -0.39 is 0 Å². The van der Waals surface area contributed by atoms with Crippen LogP contribution < -0.4 is 15.4 Å². The van der Waals surface area contributed by atoms with Crippen LogP contribution >= 0.6 is 0 Å². The van der Waals surface area contributed by atoms with Gasteiger partial charge in [0.1, 0.15) is 5.82 Å². The third kappa shape index (κ3) is 2.98. The molecule has 0 unspecified atom stereocenters. The molecule has 6 nitrogen and oxygen atoms in total. The summed E-state index contributed by atoms with van der Waals surface area (Å²) in [6, 6.07) is 3.80. The van der Waals surface area contributed by atoms with Crippen molar-refractivity contribution in [3.63, 3.8) is 0 Å². The Morgan fingerprint density at radius 2 is 2.31 bits per heavy atom. The van der Waals surface area contributed by atoms with E-state index in [1.165, 1.54) is 7.11 Å². The number of anilines is 2. The molecule has 16 heavy (non-hydrogen) atoms. The van der Waals surface area contributed by atoms with Crippen LogP contribution in [0.2, 0.25) is 0 Å². The Hall–Kier alpha value is -2.03. The summed E-state index contributed by atoms with van der Waals surface area (Å²) >= 11 is 0. The average molecular weight is 221 g/mol. The molecule has 0 aromatic carbocycles. The van der Waals surface area contributed by atoms with Gasteiger partial charge in [-0.1, -0.05) is 0 Å². The maximum Gasteiger partial charge on any atom is 0.225 e. The zero-order chi connectivity index (χ0) is 12.0. The monoisotopic (exact) mass is 221 g/mol. The predicted molar refractivity (Wildman–Crippen MR) is 61.1 cm³/mol. The Morgan fingerprint density at radius 3 is 2.88 bits per heavy atom. The van der Waals surface area contributed by atoms with Crippen molar-refractivity contribution in [1.29, 1.82) is 5.26 Å². The second kappa shape index (κ2) is 5.75. The fraction of sp³-hybridized carbons (Fsp3) is 0.500. The summed E-state index contributed by atoms with van der Waals surface area (Å²) in [7, 11) is 1.52. The third-order valence-electron chi connectivity index (χ3n) is 2.11. The molecule has 0 aliphatic rings. The van der Waals surface area contributed by atoms with Crippen molar-refractivity contribution in [2.75, 3.05) is 30.8 Å². The second-order valence-electron chi connectivity index (χ2n) is 3.11. The normalized spacial score (nSPS) is 9.56. The van der Waals surface area contributed by atoms with Gasteiger partial charge in [0.05, 0.1) is 19.6 Å². The number of hydrogen-bond acceptors (Lipinski definition) is 6. The second-order valence-corrected chi connectivity index (χ2v) is 3.11. The number of nitrogens with two attached hydrogens (primary N) is 1. The Morgan fingerprint density at radius 1 is 1.56 bits per heavy atom. The molecule has 0 aliphatic carbocycles. The van der Waals surface area contributed by atoms with Crippen molar-refractivity contribution in [3.05, 3.63) is 6.07 Å². The maximum atomic E-state index is 8.55. The fourth-order valence-electron chi connectivity index (χ4n) is 1.32. The highest BCUT2D eigenvalue weighted by molar-refractivity contribution is 5.45. The zero-order valence-corrected chi connectivity index (χ0v) is 9.47. The predicted octanol–water partition coefficient (Wildman–Crippen LogP) is 0.807. The largest absolute Gasteiger partial charge is 0.481 e. The summed E-state index contributed by atoms with van der Waals surface area (Å²) in [4.78, 5) is 9.96. The molecule has 0 radical (unpaired) electrons. The van der Waals surface area contributed by atoms with Crippen LogP contribution in [0.3, 0.4) is 0 Å². The van der Waals surface area contributed by atoms with Gasteiger partial charge in [0, 0.05) is 19.2 Å². The molecule has 1 rings (SSSR count). The van der Waals surface area contributed by atoms with E-state index in [2.05, 4.69) is 16.0 Å². The molecule has 0 saturated heterocycles. The van der Waals surface area contributed by atoms with Crippen LogP contribution in [0.4, 0.5) is 11.8 Å². The summed E-state index contributed by atoms with van der Waals surface area (Å²) in [6.07, 6.45) is 0.445. The van der Waals surface area contributed by atoms with E-state index >= 15 is 0 Å². The highest BCUT2D eigenvalue weighted by atomic mass is 16.5. The minimum Gasteiger partial charge on any atom is -0.481 e. The molecule has 0 atom stereocenters. The van der Waals surface area contributed by atoms with Crippen molar-refractivity contribution in [1.82, 2.24) is 9.97 Å². The maximum absolute atomic E-state index is 8.55. The standard InChI is InChI=1S/C10H15N5O/c1-3-15(6-4-5-11)8-7-9(16-2)14-10(12)13-8/h7H,3-4,6H2,1-2H3,(H2,12,13,14).